The molecule has 1 atom stereocenters. The second-order valence-electron chi connectivity index (χ2n) is 8.83. The smallest absolute Gasteiger partial charge is 0.242 e. The Morgan fingerprint density at radius 1 is 1.05 bits per heavy atom. The van der Waals surface area contributed by atoms with Crippen molar-refractivity contribution in [3.63, 3.8) is 0 Å². The fraction of sp³-hybridized carbons (Fsp3) is 0.481. The van der Waals surface area contributed by atoms with Crippen molar-refractivity contribution in [2.24, 2.45) is 0 Å². The van der Waals surface area contributed by atoms with Crippen molar-refractivity contribution in [2.75, 3.05) is 30.8 Å². The molecule has 0 saturated heterocycles. The van der Waals surface area contributed by atoms with E-state index in [2.05, 4.69) is 5.32 Å². The fourth-order valence-corrected chi connectivity index (χ4v) is 5.00. The number of para-hydroxylation sites is 2. The van der Waals surface area contributed by atoms with E-state index in [0.717, 1.165) is 19.1 Å². The molecular formula is C27H38FN3O5S. The second-order valence-corrected chi connectivity index (χ2v) is 10.7. The normalized spacial score (nSPS) is 12.0. The Morgan fingerprint density at radius 3 is 2.32 bits per heavy atom. The van der Waals surface area contributed by atoms with Crippen LogP contribution >= 0.6 is 0 Å². The first-order chi connectivity index (χ1) is 17.6. The molecular weight excluding hydrogens is 497 g/mol. The Balaban J connectivity index is 2.21. The minimum Gasteiger partial charge on any atom is -0.495 e. The highest BCUT2D eigenvalue weighted by Crippen LogP contribution is 2.29. The summed E-state index contributed by atoms with van der Waals surface area (Å²) in [6, 6.07) is 11.9. The summed E-state index contributed by atoms with van der Waals surface area (Å²) in [6.45, 7) is 4.59. The molecule has 2 aromatic rings. The Morgan fingerprint density at radius 2 is 1.73 bits per heavy atom. The number of carbonyl (C=O) groups is 2. The lowest BCUT2D eigenvalue weighted by atomic mass is 10.1. The number of hydrogen-bond acceptors (Lipinski definition) is 5. The number of sulfonamides is 1. The second kappa shape index (κ2) is 14.6. The first kappa shape index (κ1) is 30.1. The van der Waals surface area contributed by atoms with Crippen LogP contribution in [0, 0.1) is 5.82 Å². The molecule has 0 radical (unpaired) electrons. The van der Waals surface area contributed by atoms with E-state index in [1.807, 2.05) is 13.8 Å². The number of anilines is 1. The maximum absolute atomic E-state index is 13.4. The van der Waals surface area contributed by atoms with Crippen LogP contribution in [0.5, 0.6) is 5.75 Å². The fourth-order valence-electron chi connectivity index (χ4n) is 4.03. The van der Waals surface area contributed by atoms with Gasteiger partial charge in [0, 0.05) is 26.1 Å². The Bertz CT molecular complexity index is 1130. The van der Waals surface area contributed by atoms with Crippen LogP contribution in [0.3, 0.4) is 0 Å². The van der Waals surface area contributed by atoms with E-state index < -0.39 is 16.1 Å². The van der Waals surface area contributed by atoms with Gasteiger partial charge in [0.15, 0.2) is 0 Å². The first-order valence-corrected chi connectivity index (χ1v) is 14.4. The van der Waals surface area contributed by atoms with E-state index in [1.54, 1.807) is 36.4 Å². The molecule has 8 nitrogen and oxygen atoms in total. The zero-order valence-corrected chi connectivity index (χ0v) is 22.9. The van der Waals surface area contributed by atoms with Gasteiger partial charge in [-0.3, -0.25) is 13.9 Å². The molecule has 204 valence electrons. The van der Waals surface area contributed by atoms with Crippen LogP contribution in [0.2, 0.25) is 0 Å². The van der Waals surface area contributed by atoms with Crippen molar-refractivity contribution >= 4 is 27.5 Å². The van der Waals surface area contributed by atoms with Crippen LogP contribution in [-0.2, 0) is 26.2 Å². The number of halogens is 1. The molecule has 0 aliphatic heterocycles. The van der Waals surface area contributed by atoms with E-state index in [9.17, 15) is 22.4 Å². The van der Waals surface area contributed by atoms with Crippen molar-refractivity contribution in [2.45, 2.75) is 58.5 Å². The number of hydrogen-bond donors (Lipinski definition) is 1. The van der Waals surface area contributed by atoms with E-state index >= 15 is 0 Å². The van der Waals surface area contributed by atoms with Gasteiger partial charge in [0.1, 0.15) is 17.6 Å². The molecule has 2 rings (SSSR count). The van der Waals surface area contributed by atoms with Gasteiger partial charge in [0.2, 0.25) is 21.8 Å². The highest BCUT2D eigenvalue weighted by atomic mass is 32.2. The molecule has 37 heavy (non-hydrogen) atoms. The zero-order valence-electron chi connectivity index (χ0n) is 22.1. The third kappa shape index (κ3) is 9.03. The van der Waals surface area contributed by atoms with Gasteiger partial charge in [-0.15, -0.1) is 0 Å². The van der Waals surface area contributed by atoms with Crippen molar-refractivity contribution in [1.82, 2.24) is 10.2 Å². The number of ether oxygens (including phenoxy) is 1. The number of rotatable bonds is 15. The van der Waals surface area contributed by atoms with Crippen molar-refractivity contribution in [3.8, 4) is 5.75 Å². The molecule has 0 aromatic heterocycles. The third-order valence-electron chi connectivity index (χ3n) is 5.99. The van der Waals surface area contributed by atoms with Crippen LogP contribution in [-0.4, -0.2) is 57.6 Å². The Labute approximate surface area is 219 Å². The third-order valence-corrected chi connectivity index (χ3v) is 7.17. The summed E-state index contributed by atoms with van der Waals surface area (Å²) in [5.41, 5.74) is 1.09. The molecule has 0 fully saturated rings. The summed E-state index contributed by atoms with van der Waals surface area (Å²) in [6.07, 6.45) is 3.53. The van der Waals surface area contributed by atoms with Gasteiger partial charge in [-0.25, -0.2) is 12.8 Å². The maximum Gasteiger partial charge on any atom is 0.242 e. The quantitative estimate of drug-likeness (QED) is 0.347. The van der Waals surface area contributed by atoms with Gasteiger partial charge >= 0.3 is 0 Å². The summed E-state index contributed by atoms with van der Waals surface area (Å²) >= 11 is 0. The van der Waals surface area contributed by atoms with E-state index in [4.69, 9.17) is 4.74 Å². The number of benzene rings is 2. The monoisotopic (exact) mass is 535 g/mol. The largest absolute Gasteiger partial charge is 0.495 e. The minimum atomic E-state index is -3.64. The lowest BCUT2D eigenvalue weighted by molar-refractivity contribution is -0.141. The highest BCUT2D eigenvalue weighted by Gasteiger charge is 2.29. The summed E-state index contributed by atoms with van der Waals surface area (Å²) in [5, 5.41) is 2.90. The van der Waals surface area contributed by atoms with E-state index in [1.165, 1.54) is 28.4 Å². The van der Waals surface area contributed by atoms with Gasteiger partial charge in [0.05, 0.1) is 19.1 Å². The number of nitrogens with zero attached hydrogens (tertiary/aromatic N) is 2. The summed E-state index contributed by atoms with van der Waals surface area (Å²) < 4.78 is 45.1. The molecule has 0 aliphatic carbocycles. The lowest BCUT2D eigenvalue weighted by Gasteiger charge is -2.31. The Hall–Kier alpha value is -3.14. The van der Waals surface area contributed by atoms with Crippen molar-refractivity contribution in [3.05, 3.63) is 59.9 Å². The average molecular weight is 536 g/mol. The summed E-state index contributed by atoms with van der Waals surface area (Å²) in [5.74, 6) is -0.497. The number of methoxy groups -OCH3 is 1. The molecule has 0 heterocycles. The molecule has 0 bridgehead atoms. The van der Waals surface area contributed by atoms with Crippen molar-refractivity contribution in [1.29, 1.82) is 0 Å². The molecule has 0 aliphatic rings. The number of nitrogens with one attached hydrogen (secondary N) is 1. The topological polar surface area (TPSA) is 96.0 Å². The molecule has 0 spiro atoms. The number of amides is 2. The SMILES string of the molecule is CCCCNC(=O)[C@@H](CC)N(Cc1ccc(F)cc1)C(=O)CCCN(c1ccccc1OC)S(C)(=O)=O. The minimum absolute atomic E-state index is 0.0289. The molecule has 2 aromatic carbocycles. The van der Waals surface area contributed by atoms with E-state index in [-0.39, 0.29) is 43.6 Å². The lowest BCUT2D eigenvalue weighted by Crippen LogP contribution is -2.49. The average Bonchev–Trinajstić information content (AvgIpc) is 2.87. The zero-order chi connectivity index (χ0) is 27.4. The number of carbonyl (C=O) groups excluding carboxylic acids is 2. The van der Waals surface area contributed by atoms with Crippen molar-refractivity contribution < 1.29 is 27.1 Å². The standard InChI is InChI=1S/C27H38FN3O5S/c1-5-7-18-29-27(33)23(6-2)30(20-21-14-16-22(28)17-15-21)26(32)13-10-19-31(37(4,34)35)24-11-8-9-12-25(24)36-3/h8-9,11-12,14-17,23H,5-7,10,13,18-20H2,1-4H3,(H,29,33)/t23-/m1/s1. The van der Waals surface area contributed by atoms with Gasteiger partial charge < -0.3 is 15.0 Å². The van der Waals surface area contributed by atoms with Gasteiger partial charge in [-0.2, -0.15) is 0 Å². The molecule has 0 unspecified atom stereocenters. The molecule has 0 saturated carbocycles. The molecule has 1 N–H and O–H groups in total. The van der Waals surface area contributed by atoms with Crippen LogP contribution in [0.4, 0.5) is 10.1 Å². The summed E-state index contributed by atoms with van der Waals surface area (Å²) in [7, 11) is -2.17. The van der Waals surface area contributed by atoms with Gasteiger partial charge in [-0.05, 0) is 49.1 Å². The maximum atomic E-state index is 13.4. The predicted molar refractivity (Wildman–Crippen MR) is 143 cm³/mol. The van der Waals surface area contributed by atoms with Crippen LogP contribution in [0.15, 0.2) is 48.5 Å². The van der Waals surface area contributed by atoms with Crippen LogP contribution in [0.25, 0.3) is 0 Å². The van der Waals surface area contributed by atoms with Gasteiger partial charge in [-0.1, -0.05) is 44.5 Å². The highest BCUT2D eigenvalue weighted by molar-refractivity contribution is 7.92. The predicted octanol–water partition coefficient (Wildman–Crippen LogP) is 4.10. The number of unbranched alkanes of at least 4 members (excludes halogenated alkanes) is 1. The van der Waals surface area contributed by atoms with Crippen LogP contribution in [0.1, 0.15) is 51.5 Å². The first-order valence-electron chi connectivity index (χ1n) is 12.5. The molecule has 10 heteroatoms. The Kier molecular flexibility index (Phi) is 11.8. The van der Waals surface area contributed by atoms with Gasteiger partial charge in [0.25, 0.3) is 0 Å². The van der Waals surface area contributed by atoms with Crippen LogP contribution < -0.4 is 14.4 Å². The summed E-state index contributed by atoms with van der Waals surface area (Å²) in [4.78, 5) is 27.9. The molecule has 2 amide bonds. The van der Waals surface area contributed by atoms with E-state index in [0.29, 0.717) is 30.0 Å².